The molecule has 9 aromatic carbocycles. The van der Waals surface area contributed by atoms with Crippen LogP contribution in [-0.4, -0.2) is 13.7 Å². The van der Waals surface area contributed by atoms with Crippen LogP contribution in [0.1, 0.15) is 0 Å². The van der Waals surface area contributed by atoms with Gasteiger partial charge in [0.1, 0.15) is 0 Å². The molecule has 0 aliphatic rings. The third-order valence-electron chi connectivity index (χ3n) is 11.8. The first-order valence-corrected chi connectivity index (χ1v) is 19.6. The van der Waals surface area contributed by atoms with Crippen molar-refractivity contribution in [3.05, 3.63) is 212 Å². The monoisotopic (exact) mass is 725 g/mol. The Bertz CT molecular complexity index is 3400. The van der Waals surface area contributed by atoms with E-state index in [1.165, 1.54) is 93.4 Å². The molecule has 3 heterocycles. The van der Waals surface area contributed by atoms with Crippen LogP contribution >= 0.6 is 0 Å². The van der Waals surface area contributed by atoms with Crippen LogP contribution in [0.3, 0.4) is 0 Å². The zero-order valence-electron chi connectivity index (χ0n) is 31.0. The first-order valence-electron chi connectivity index (χ1n) is 19.6. The summed E-state index contributed by atoms with van der Waals surface area (Å²) >= 11 is 0. The van der Waals surface area contributed by atoms with E-state index in [0.29, 0.717) is 0 Å². The number of hydrogen-bond donors (Lipinski definition) is 0. The van der Waals surface area contributed by atoms with Crippen molar-refractivity contribution in [1.82, 2.24) is 13.7 Å². The van der Waals surface area contributed by atoms with Gasteiger partial charge in [0.2, 0.25) is 0 Å². The van der Waals surface area contributed by atoms with E-state index in [2.05, 4.69) is 226 Å². The molecule has 0 aliphatic heterocycles. The van der Waals surface area contributed by atoms with Gasteiger partial charge in [-0.25, -0.2) is 0 Å². The average molecular weight is 726 g/mol. The Balaban J connectivity index is 1.20. The van der Waals surface area contributed by atoms with Crippen molar-refractivity contribution in [2.75, 3.05) is 0 Å². The molecule has 3 aromatic heterocycles. The molecule has 0 bridgehead atoms. The van der Waals surface area contributed by atoms with Crippen molar-refractivity contribution in [3.8, 4) is 39.3 Å². The molecule has 0 spiro atoms. The SMILES string of the molecule is c1ccc(-c2cccc(-c3ccccc3)c2-n2c3ccccc3c3cccc(-n4c5ccccc5c5cc(-n6c7ccccc7c7ccccc76)ccc54)c32)cc1. The van der Waals surface area contributed by atoms with Crippen LogP contribution in [0.25, 0.3) is 105 Å². The molecule has 0 N–H and O–H groups in total. The lowest BCUT2D eigenvalue weighted by Crippen LogP contribution is -2.04. The lowest BCUT2D eigenvalue weighted by atomic mass is 9.95. The van der Waals surface area contributed by atoms with Crippen LogP contribution in [0.15, 0.2) is 212 Å². The van der Waals surface area contributed by atoms with Gasteiger partial charge >= 0.3 is 0 Å². The maximum Gasteiger partial charge on any atom is 0.0782 e. The first-order chi connectivity index (χ1) is 28.3. The van der Waals surface area contributed by atoms with Crippen molar-refractivity contribution in [1.29, 1.82) is 0 Å². The third kappa shape index (κ3) is 4.66. The second-order valence-electron chi connectivity index (χ2n) is 14.9. The highest BCUT2D eigenvalue weighted by atomic mass is 15.1. The molecule has 0 atom stereocenters. The minimum absolute atomic E-state index is 1.14. The fourth-order valence-corrected chi connectivity index (χ4v) is 9.46. The van der Waals surface area contributed by atoms with Crippen LogP contribution in [0, 0.1) is 0 Å². The van der Waals surface area contributed by atoms with Gasteiger partial charge in [-0.05, 0) is 59.7 Å². The lowest BCUT2D eigenvalue weighted by molar-refractivity contribution is 1.13. The number of hydrogen-bond acceptors (Lipinski definition) is 0. The minimum atomic E-state index is 1.14. The quantitative estimate of drug-likeness (QED) is 0.168. The Labute approximate surface area is 329 Å². The van der Waals surface area contributed by atoms with Crippen molar-refractivity contribution in [2.24, 2.45) is 0 Å². The van der Waals surface area contributed by atoms with Gasteiger partial charge in [-0.15, -0.1) is 0 Å². The van der Waals surface area contributed by atoms with Gasteiger partial charge in [0.15, 0.2) is 0 Å². The van der Waals surface area contributed by atoms with Crippen LogP contribution in [-0.2, 0) is 0 Å². The molecule has 0 amide bonds. The number of benzene rings is 9. The number of nitrogens with zero attached hydrogens (tertiary/aromatic N) is 3. The fraction of sp³-hybridized carbons (Fsp3) is 0. The molecule has 12 aromatic rings. The number of fused-ring (bicyclic) bond motifs is 9. The maximum atomic E-state index is 2.54. The molecule has 0 aliphatic carbocycles. The van der Waals surface area contributed by atoms with Crippen molar-refractivity contribution < 1.29 is 0 Å². The summed E-state index contributed by atoms with van der Waals surface area (Å²) in [6, 6.07) is 77.5. The van der Waals surface area contributed by atoms with Gasteiger partial charge in [0, 0.05) is 49.1 Å². The zero-order valence-corrected chi connectivity index (χ0v) is 31.0. The first kappa shape index (κ1) is 31.7. The van der Waals surface area contributed by atoms with E-state index >= 15 is 0 Å². The van der Waals surface area contributed by atoms with E-state index < -0.39 is 0 Å². The smallest absolute Gasteiger partial charge is 0.0782 e. The summed E-state index contributed by atoms with van der Waals surface area (Å²) in [5, 5.41) is 7.42. The van der Waals surface area contributed by atoms with Gasteiger partial charge in [0.25, 0.3) is 0 Å². The molecular weight excluding hydrogens is 691 g/mol. The topological polar surface area (TPSA) is 14.8 Å². The Kier molecular flexibility index (Phi) is 6.93. The predicted molar refractivity (Wildman–Crippen MR) is 240 cm³/mol. The second kappa shape index (κ2) is 12.5. The van der Waals surface area contributed by atoms with Crippen molar-refractivity contribution in [3.63, 3.8) is 0 Å². The number of aromatic nitrogens is 3. The summed E-state index contributed by atoms with van der Waals surface area (Å²) in [5.41, 5.74) is 15.3. The zero-order chi connectivity index (χ0) is 37.5. The van der Waals surface area contributed by atoms with E-state index in [0.717, 1.165) is 11.4 Å². The normalized spacial score (nSPS) is 11.9. The van der Waals surface area contributed by atoms with Gasteiger partial charge in [-0.1, -0.05) is 164 Å². The van der Waals surface area contributed by atoms with Crippen LogP contribution < -0.4 is 0 Å². The molecule has 3 nitrogen and oxygen atoms in total. The number of rotatable bonds is 5. The summed E-state index contributed by atoms with van der Waals surface area (Å²) in [6.45, 7) is 0. The molecule has 12 rings (SSSR count). The lowest BCUT2D eigenvalue weighted by Gasteiger charge is -2.21. The summed E-state index contributed by atoms with van der Waals surface area (Å²) in [6.07, 6.45) is 0. The summed E-state index contributed by atoms with van der Waals surface area (Å²) in [5.74, 6) is 0. The van der Waals surface area contributed by atoms with Crippen LogP contribution in [0.2, 0.25) is 0 Å². The predicted octanol–water partition coefficient (Wildman–Crippen LogP) is 14.3. The van der Waals surface area contributed by atoms with Gasteiger partial charge in [0.05, 0.1) is 44.5 Å². The second-order valence-corrected chi connectivity index (χ2v) is 14.9. The van der Waals surface area contributed by atoms with E-state index in [9.17, 15) is 0 Å². The Hall–Kier alpha value is -7.62. The minimum Gasteiger partial charge on any atom is -0.309 e. The molecule has 3 heteroatoms. The average Bonchev–Trinajstić information content (AvgIpc) is 3.92. The third-order valence-corrected chi connectivity index (χ3v) is 11.8. The van der Waals surface area contributed by atoms with Gasteiger partial charge in [-0.3, -0.25) is 0 Å². The Morgan fingerprint density at radius 1 is 0.263 bits per heavy atom. The van der Waals surface area contributed by atoms with Crippen molar-refractivity contribution >= 4 is 65.4 Å². The van der Waals surface area contributed by atoms with Crippen LogP contribution in [0.4, 0.5) is 0 Å². The number of para-hydroxylation sites is 6. The van der Waals surface area contributed by atoms with Gasteiger partial charge in [-0.2, -0.15) is 0 Å². The molecule has 0 radical (unpaired) electrons. The van der Waals surface area contributed by atoms with Crippen molar-refractivity contribution in [2.45, 2.75) is 0 Å². The molecule has 266 valence electrons. The summed E-state index contributed by atoms with van der Waals surface area (Å²) in [4.78, 5) is 0. The van der Waals surface area contributed by atoms with E-state index in [1.807, 2.05) is 0 Å². The highest BCUT2D eigenvalue weighted by molar-refractivity contribution is 6.16. The molecular formula is C54H35N3. The van der Waals surface area contributed by atoms with E-state index in [-0.39, 0.29) is 0 Å². The Morgan fingerprint density at radius 2 is 0.684 bits per heavy atom. The standard InChI is InChI=1S/C54H35N3/c1-3-17-36(18-4-1)39-25-15-26-40(37-19-5-2-6-20-37)53(39)57-50-31-14-9-23-43(50)45-27-16-32-52(54(45)57)56-49-30-13-10-24-44(49)46-35-38(33-34-51(46)56)55-47-28-11-7-21-41(47)42-22-8-12-29-48(42)55/h1-35H. The maximum absolute atomic E-state index is 2.54. The fourth-order valence-electron chi connectivity index (χ4n) is 9.46. The molecule has 0 saturated heterocycles. The molecule has 0 saturated carbocycles. The van der Waals surface area contributed by atoms with E-state index in [1.54, 1.807) is 0 Å². The highest BCUT2D eigenvalue weighted by Gasteiger charge is 2.24. The van der Waals surface area contributed by atoms with Gasteiger partial charge < -0.3 is 13.7 Å². The van der Waals surface area contributed by atoms with E-state index in [4.69, 9.17) is 0 Å². The Morgan fingerprint density at radius 3 is 1.26 bits per heavy atom. The molecule has 0 unspecified atom stereocenters. The largest absolute Gasteiger partial charge is 0.309 e. The van der Waals surface area contributed by atoms with Crippen LogP contribution in [0.5, 0.6) is 0 Å². The molecule has 0 fully saturated rings. The highest BCUT2D eigenvalue weighted by Crippen LogP contribution is 2.45. The summed E-state index contributed by atoms with van der Waals surface area (Å²) in [7, 11) is 0. The molecule has 57 heavy (non-hydrogen) atoms. The summed E-state index contributed by atoms with van der Waals surface area (Å²) < 4.78 is 7.45.